The van der Waals surface area contributed by atoms with Crippen molar-refractivity contribution in [1.29, 1.82) is 0 Å². The minimum Gasteiger partial charge on any atom is -0.481 e. The minimum absolute atomic E-state index is 0.00759. The number of hydrogen-bond donors (Lipinski definition) is 2. The Morgan fingerprint density at radius 2 is 1.52 bits per heavy atom. The fourth-order valence-electron chi connectivity index (χ4n) is 2.08. The van der Waals surface area contributed by atoms with Crippen LogP contribution in [-0.2, 0) is 14.3 Å². The van der Waals surface area contributed by atoms with Gasteiger partial charge in [-0.3, -0.25) is 9.59 Å². The summed E-state index contributed by atoms with van der Waals surface area (Å²) < 4.78 is 10.4. The van der Waals surface area contributed by atoms with Crippen molar-refractivity contribution in [3.63, 3.8) is 0 Å². The molecule has 0 aliphatic heterocycles. The molecule has 6 nitrogen and oxygen atoms in total. The molecule has 132 valence electrons. The second-order valence-electron chi connectivity index (χ2n) is 5.62. The summed E-state index contributed by atoms with van der Waals surface area (Å²) in [4.78, 5) is 23.6. The van der Waals surface area contributed by atoms with Gasteiger partial charge < -0.3 is 20.1 Å². The van der Waals surface area contributed by atoms with Gasteiger partial charge in [0.15, 0.2) is 6.10 Å². The number of carbonyl (C=O) groups excluding carboxylic acids is 2. The molecule has 2 rings (SSSR count). The topological polar surface area (TPSA) is 76.7 Å². The molecule has 2 N–H and O–H groups in total. The summed E-state index contributed by atoms with van der Waals surface area (Å²) >= 11 is 0. The number of nitrogens with one attached hydrogen (secondary N) is 2. The van der Waals surface area contributed by atoms with E-state index >= 15 is 0 Å². The average molecular weight is 342 g/mol. The van der Waals surface area contributed by atoms with E-state index in [2.05, 4.69) is 10.6 Å². The maximum atomic E-state index is 12.2. The summed E-state index contributed by atoms with van der Waals surface area (Å²) in [6, 6.07) is 14.3. The molecule has 1 unspecified atom stereocenters. The Morgan fingerprint density at radius 3 is 2.08 bits per heavy atom. The lowest BCUT2D eigenvalue weighted by Gasteiger charge is -2.15. The van der Waals surface area contributed by atoms with Gasteiger partial charge in [0.1, 0.15) is 12.4 Å². The van der Waals surface area contributed by atoms with Gasteiger partial charge in [0.25, 0.3) is 5.91 Å². The molecule has 2 amide bonds. The molecule has 0 aliphatic rings. The van der Waals surface area contributed by atoms with E-state index in [-0.39, 0.29) is 18.4 Å². The quantitative estimate of drug-likeness (QED) is 0.811. The van der Waals surface area contributed by atoms with E-state index in [1.54, 1.807) is 31.2 Å². The predicted octanol–water partition coefficient (Wildman–Crippen LogP) is 2.99. The zero-order chi connectivity index (χ0) is 18.2. The second-order valence-corrected chi connectivity index (χ2v) is 5.62. The van der Waals surface area contributed by atoms with Gasteiger partial charge in [-0.25, -0.2) is 0 Å². The van der Waals surface area contributed by atoms with Crippen molar-refractivity contribution in [1.82, 2.24) is 0 Å². The number of rotatable bonds is 7. The first-order valence-electron chi connectivity index (χ1n) is 7.91. The maximum absolute atomic E-state index is 12.2. The fourth-order valence-corrected chi connectivity index (χ4v) is 2.08. The van der Waals surface area contributed by atoms with Crippen LogP contribution in [0.3, 0.4) is 0 Å². The second kappa shape index (κ2) is 8.84. The van der Waals surface area contributed by atoms with Crippen LogP contribution in [0.1, 0.15) is 12.5 Å². The summed E-state index contributed by atoms with van der Waals surface area (Å²) in [7, 11) is 1.46. The van der Waals surface area contributed by atoms with Gasteiger partial charge in [0, 0.05) is 18.5 Å². The molecule has 0 radical (unpaired) electrons. The van der Waals surface area contributed by atoms with Crippen LogP contribution >= 0.6 is 0 Å². The number of benzene rings is 2. The Kier molecular flexibility index (Phi) is 6.54. The van der Waals surface area contributed by atoms with Gasteiger partial charge >= 0.3 is 0 Å². The third-order valence-electron chi connectivity index (χ3n) is 3.41. The SMILES string of the molecule is COCC(=O)Nc1ccc(NC(=O)C(C)Oc2ccc(C)cc2)cc1. The van der Waals surface area contributed by atoms with E-state index in [0.717, 1.165) is 5.56 Å². The van der Waals surface area contributed by atoms with E-state index in [1.165, 1.54) is 7.11 Å². The lowest BCUT2D eigenvalue weighted by molar-refractivity contribution is -0.122. The highest BCUT2D eigenvalue weighted by Gasteiger charge is 2.15. The van der Waals surface area contributed by atoms with Crippen LogP contribution in [0.2, 0.25) is 0 Å². The monoisotopic (exact) mass is 342 g/mol. The summed E-state index contributed by atoms with van der Waals surface area (Å²) in [5.41, 5.74) is 2.38. The molecule has 2 aromatic carbocycles. The van der Waals surface area contributed by atoms with Crippen LogP contribution < -0.4 is 15.4 Å². The molecule has 0 spiro atoms. The van der Waals surface area contributed by atoms with E-state index in [1.807, 2.05) is 31.2 Å². The summed E-state index contributed by atoms with van der Waals surface area (Å²) in [6.07, 6.45) is -0.635. The van der Waals surface area contributed by atoms with Crippen LogP contribution in [0, 0.1) is 6.92 Å². The standard InChI is InChI=1S/C19H22N2O4/c1-13-4-10-17(11-5-13)25-14(2)19(23)21-16-8-6-15(7-9-16)20-18(22)12-24-3/h4-11,14H,12H2,1-3H3,(H,20,22)(H,21,23). The van der Waals surface area contributed by atoms with Gasteiger partial charge in [-0.2, -0.15) is 0 Å². The first kappa shape index (κ1) is 18.5. The highest BCUT2D eigenvalue weighted by molar-refractivity contribution is 5.95. The van der Waals surface area contributed by atoms with Gasteiger partial charge in [0.05, 0.1) is 0 Å². The van der Waals surface area contributed by atoms with E-state index < -0.39 is 6.10 Å². The van der Waals surface area contributed by atoms with E-state index in [9.17, 15) is 9.59 Å². The summed E-state index contributed by atoms with van der Waals surface area (Å²) in [6.45, 7) is 3.67. The Balaban J connectivity index is 1.88. The van der Waals surface area contributed by atoms with Crippen LogP contribution in [0.5, 0.6) is 5.75 Å². The summed E-state index contributed by atoms with van der Waals surface area (Å²) in [5.74, 6) is 0.153. The Hall–Kier alpha value is -2.86. The molecule has 0 fully saturated rings. The molecule has 6 heteroatoms. The van der Waals surface area contributed by atoms with Crippen LogP contribution in [0.25, 0.3) is 0 Å². The third kappa shape index (κ3) is 5.93. The van der Waals surface area contributed by atoms with Gasteiger partial charge in [-0.1, -0.05) is 17.7 Å². The molecule has 25 heavy (non-hydrogen) atoms. The molecule has 0 aromatic heterocycles. The highest BCUT2D eigenvalue weighted by atomic mass is 16.5. The summed E-state index contributed by atoms with van der Waals surface area (Å²) in [5, 5.41) is 5.46. The zero-order valence-corrected chi connectivity index (χ0v) is 14.5. The molecule has 1 atom stereocenters. The number of hydrogen-bond acceptors (Lipinski definition) is 4. The van der Waals surface area contributed by atoms with Crippen molar-refractivity contribution in [2.45, 2.75) is 20.0 Å². The molecule has 2 aromatic rings. The van der Waals surface area contributed by atoms with Crippen molar-refractivity contribution in [3.05, 3.63) is 54.1 Å². The Morgan fingerprint density at radius 1 is 0.960 bits per heavy atom. The molecule has 0 bridgehead atoms. The molecular formula is C19H22N2O4. The minimum atomic E-state index is -0.635. The number of aryl methyl sites for hydroxylation is 1. The number of methoxy groups -OCH3 is 1. The fraction of sp³-hybridized carbons (Fsp3) is 0.263. The highest BCUT2D eigenvalue weighted by Crippen LogP contribution is 2.16. The molecule has 0 heterocycles. The lowest BCUT2D eigenvalue weighted by atomic mass is 10.2. The largest absolute Gasteiger partial charge is 0.481 e. The Bertz CT molecular complexity index is 711. The number of anilines is 2. The molecule has 0 saturated heterocycles. The van der Waals surface area contributed by atoms with Crippen LogP contribution in [-0.4, -0.2) is 31.6 Å². The van der Waals surface area contributed by atoms with Crippen molar-refractivity contribution in [2.75, 3.05) is 24.4 Å². The molecular weight excluding hydrogens is 320 g/mol. The number of amides is 2. The zero-order valence-electron chi connectivity index (χ0n) is 14.5. The normalized spacial score (nSPS) is 11.5. The first-order valence-corrected chi connectivity index (χ1v) is 7.91. The van der Waals surface area contributed by atoms with Gasteiger partial charge in [0.2, 0.25) is 5.91 Å². The van der Waals surface area contributed by atoms with Crippen LogP contribution in [0.4, 0.5) is 11.4 Å². The average Bonchev–Trinajstić information content (AvgIpc) is 2.59. The van der Waals surface area contributed by atoms with Gasteiger partial charge in [-0.15, -0.1) is 0 Å². The lowest BCUT2D eigenvalue weighted by Crippen LogP contribution is -2.30. The van der Waals surface area contributed by atoms with E-state index in [4.69, 9.17) is 9.47 Å². The van der Waals surface area contributed by atoms with Gasteiger partial charge in [-0.05, 0) is 50.2 Å². The third-order valence-corrected chi connectivity index (χ3v) is 3.41. The Labute approximate surface area is 147 Å². The van der Waals surface area contributed by atoms with E-state index in [0.29, 0.717) is 17.1 Å². The maximum Gasteiger partial charge on any atom is 0.265 e. The number of carbonyl (C=O) groups is 2. The first-order chi connectivity index (χ1) is 12.0. The van der Waals surface area contributed by atoms with Crippen molar-refractivity contribution in [3.8, 4) is 5.75 Å². The number of ether oxygens (including phenoxy) is 2. The molecule has 0 saturated carbocycles. The molecule has 0 aliphatic carbocycles. The smallest absolute Gasteiger partial charge is 0.265 e. The van der Waals surface area contributed by atoms with Crippen molar-refractivity contribution in [2.24, 2.45) is 0 Å². The van der Waals surface area contributed by atoms with Crippen molar-refractivity contribution >= 4 is 23.2 Å². The van der Waals surface area contributed by atoms with Crippen molar-refractivity contribution < 1.29 is 19.1 Å². The predicted molar refractivity (Wildman–Crippen MR) is 96.8 cm³/mol. The van der Waals surface area contributed by atoms with Crippen LogP contribution in [0.15, 0.2) is 48.5 Å².